The Balaban J connectivity index is 2.08. The second kappa shape index (κ2) is 6.84. The molecule has 2 aromatic rings. The number of anilines is 1. The summed E-state index contributed by atoms with van der Waals surface area (Å²) in [6.07, 6.45) is 0. The summed E-state index contributed by atoms with van der Waals surface area (Å²) in [7, 11) is 3.85. The maximum absolute atomic E-state index is 12.1. The van der Waals surface area contributed by atoms with Crippen molar-refractivity contribution in [3.63, 3.8) is 0 Å². The molecule has 110 valence electrons. The highest BCUT2D eigenvalue weighted by atomic mass is 127. The molecular weight excluding hydrogens is 379 g/mol. The van der Waals surface area contributed by atoms with E-state index < -0.39 is 0 Å². The molecule has 21 heavy (non-hydrogen) atoms. The van der Waals surface area contributed by atoms with Gasteiger partial charge in [-0.3, -0.25) is 4.79 Å². The Morgan fingerprint density at radius 2 is 2.05 bits per heavy atom. The monoisotopic (exact) mass is 396 g/mol. The second-order valence-corrected chi connectivity index (χ2v) is 6.12. The Morgan fingerprint density at radius 3 is 2.71 bits per heavy atom. The van der Waals surface area contributed by atoms with Crippen molar-refractivity contribution in [3.05, 3.63) is 51.0 Å². The van der Waals surface area contributed by atoms with Gasteiger partial charge in [0.05, 0.1) is 6.54 Å². The highest BCUT2D eigenvalue weighted by molar-refractivity contribution is 14.1. The lowest BCUT2D eigenvalue weighted by atomic mass is 10.2. The van der Waals surface area contributed by atoms with Gasteiger partial charge in [-0.05, 0) is 47.7 Å². The number of aryl methyl sites for hydroxylation is 1. The van der Waals surface area contributed by atoms with Crippen LogP contribution >= 0.6 is 22.6 Å². The molecule has 0 radical (unpaired) electrons. The van der Waals surface area contributed by atoms with Gasteiger partial charge in [-0.1, -0.05) is 6.07 Å². The van der Waals surface area contributed by atoms with Crippen molar-refractivity contribution in [2.24, 2.45) is 0 Å². The molecule has 1 aromatic carbocycles. The van der Waals surface area contributed by atoms with Crippen LogP contribution in [0.1, 0.15) is 21.9 Å². The van der Waals surface area contributed by atoms with Crippen LogP contribution < -0.4 is 10.2 Å². The first-order chi connectivity index (χ1) is 9.95. The number of hydrogen-bond acceptors (Lipinski definition) is 4. The highest BCUT2D eigenvalue weighted by Crippen LogP contribution is 2.10. The summed E-state index contributed by atoms with van der Waals surface area (Å²) in [5.74, 6) is 1.32. The van der Waals surface area contributed by atoms with E-state index in [4.69, 9.17) is 0 Å². The van der Waals surface area contributed by atoms with E-state index in [1.54, 1.807) is 6.07 Å². The van der Waals surface area contributed by atoms with Crippen LogP contribution in [-0.2, 0) is 6.54 Å². The number of rotatable bonds is 4. The number of benzene rings is 1. The van der Waals surface area contributed by atoms with Gasteiger partial charge in [-0.15, -0.1) is 0 Å². The molecule has 0 aliphatic carbocycles. The lowest BCUT2D eigenvalue weighted by Gasteiger charge is -2.13. The zero-order valence-corrected chi connectivity index (χ0v) is 14.4. The molecule has 1 N–H and O–H groups in total. The molecule has 2 rings (SSSR count). The average Bonchev–Trinajstić information content (AvgIpc) is 2.44. The third-order valence-electron chi connectivity index (χ3n) is 2.84. The molecular formula is C15H17IN4O. The minimum atomic E-state index is -0.120. The minimum absolute atomic E-state index is 0.120. The normalized spacial score (nSPS) is 10.3. The van der Waals surface area contributed by atoms with Crippen LogP contribution in [0.3, 0.4) is 0 Å². The molecule has 0 saturated carbocycles. The standard InChI is InChI=1S/C15H17IN4O/c1-10-7-14(20(2)3)19-13(18-10)9-17-15(21)11-5-4-6-12(16)8-11/h4-8H,9H2,1-3H3,(H,17,21). The maximum atomic E-state index is 12.1. The van der Waals surface area contributed by atoms with E-state index in [-0.39, 0.29) is 5.91 Å². The van der Waals surface area contributed by atoms with Crippen molar-refractivity contribution in [1.29, 1.82) is 0 Å². The zero-order valence-electron chi connectivity index (χ0n) is 12.2. The number of carbonyl (C=O) groups is 1. The summed E-state index contributed by atoms with van der Waals surface area (Å²) in [6, 6.07) is 9.36. The molecule has 6 heteroatoms. The fourth-order valence-corrected chi connectivity index (χ4v) is 2.35. The molecule has 0 aliphatic heterocycles. The fourth-order valence-electron chi connectivity index (χ4n) is 1.81. The Labute approximate surface area is 137 Å². The van der Waals surface area contributed by atoms with Crippen molar-refractivity contribution in [3.8, 4) is 0 Å². The Bertz CT molecular complexity index is 658. The van der Waals surface area contributed by atoms with Gasteiger partial charge in [0.15, 0.2) is 0 Å². The van der Waals surface area contributed by atoms with Crippen LogP contribution in [0.25, 0.3) is 0 Å². The smallest absolute Gasteiger partial charge is 0.251 e. The molecule has 0 unspecified atom stereocenters. The first-order valence-electron chi connectivity index (χ1n) is 6.51. The van der Waals surface area contributed by atoms with Gasteiger partial charge in [0, 0.05) is 35.0 Å². The number of hydrogen-bond donors (Lipinski definition) is 1. The number of nitrogens with zero attached hydrogens (tertiary/aromatic N) is 3. The molecule has 0 fully saturated rings. The topological polar surface area (TPSA) is 58.1 Å². The molecule has 1 heterocycles. The van der Waals surface area contributed by atoms with Gasteiger partial charge in [0.25, 0.3) is 5.91 Å². The van der Waals surface area contributed by atoms with Crippen molar-refractivity contribution >= 4 is 34.3 Å². The summed E-state index contributed by atoms with van der Waals surface area (Å²) in [6.45, 7) is 2.23. The molecule has 0 atom stereocenters. The van der Waals surface area contributed by atoms with Crippen LogP contribution in [0.2, 0.25) is 0 Å². The largest absolute Gasteiger partial charge is 0.363 e. The van der Waals surface area contributed by atoms with Crippen molar-refractivity contribution in [1.82, 2.24) is 15.3 Å². The summed E-state index contributed by atoms with van der Waals surface area (Å²) in [4.78, 5) is 22.8. The number of amides is 1. The second-order valence-electron chi connectivity index (χ2n) is 4.87. The predicted octanol–water partition coefficient (Wildman–Crippen LogP) is 2.39. The van der Waals surface area contributed by atoms with Crippen molar-refractivity contribution in [2.75, 3.05) is 19.0 Å². The van der Waals surface area contributed by atoms with Gasteiger partial charge in [-0.2, -0.15) is 0 Å². The molecule has 0 spiro atoms. The van der Waals surface area contributed by atoms with Gasteiger partial charge in [-0.25, -0.2) is 9.97 Å². The van der Waals surface area contributed by atoms with Crippen LogP contribution in [-0.4, -0.2) is 30.0 Å². The molecule has 0 bridgehead atoms. The van der Waals surface area contributed by atoms with Gasteiger partial charge >= 0.3 is 0 Å². The van der Waals surface area contributed by atoms with Crippen molar-refractivity contribution < 1.29 is 4.79 Å². The predicted molar refractivity (Wildman–Crippen MR) is 91.4 cm³/mol. The van der Waals surface area contributed by atoms with E-state index >= 15 is 0 Å². The van der Waals surface area contributed by atoms with Gasteiger partial charge < -0.3 is 10.2 Å². The molecule has 1 aromatic heterocycles. The summed E-state index contributed by atoms with van der Waals surface area (Å²) >= 11 is 2.18. The van der Waals surface area contributed by atoms with E-state index in [1.807, 2.05) is 50.2 Å². The quantitative estimate of drug-likeness (QED) is 0.807. The van der Waals surface area contributed by atoms with Crippen LogP contribution in [0, 0.1) is 10.5 Å². The SMILES string of the molecule is Cc1cc(N(C)C)nc(CNC(=O)c2cccc(I)c2)n1. The van der Waals surface area contributed by atoms with E-state index in [9.17, 15) is 4.79 Å². The average molecular weight is 396 g/mol. The third-order valence-corrected chi connectivity index (χ3v) is 3.51. The zero-order chi connectivity index (χ0) is 15.4. The van der Waals surface area contributed by atoms with E-state index in [2.05, 4.69) is 37.9 Å². The first-order valence-corrected chi connectivity index (χ1v) is 7.59. The number of nitrogens with one attached hydrogen (secondary N) is 1. The number of halogens is 1. The maximum Gasteiger partial charge on any atom is 0.251 e. The van der Waals surface area contributed by atoms with Gasteiger partial charge in [0.2, 0.25) is 0 Å². The Morgan fingerprint density at radius 1 is 1.29 bits per heavy atom. The number of carbonyl (C=O) groups excluding carboxylic acids is 1. The van der Waals surface area contributed by atoms with Crippen LogP contribution in [0.15, 0.2) is 30.3 Å². The van der Waals surface area contributed by atoms with Crippen LogP contribution in [0.4, 0.5) is 5.82 Å². The fraction of sp³-hybridized carbons (Fsp3) is 0.267. The Hall–Kier alpha value is -1.70. The molecule has 5 nitrogen and oxygen atoms in total. The van der Waals surface area contributed by atoms with Crippen LogP contribution in [0.5, 0.6) is 0 Å². The lowest BCUT2D eigenvalue weighted by molar-refractivity contribution is 0.0950. The first kappa shape index (κ1) is 15.7. The molecule has 1 amide bonds. The third kappa shape index (κ3) is 4.38. The summed E-state index contributed by atoms with van der Waals surface area (Å²) in [5.41, 5.74) is 1.52. The van der Waals surface area contributed by atoms with E-state index in [1.165, 1.54) is 0 Å². The summed E-state index contributed by atoms with van der Waals surface area (Å²) < 4.78 is 1.03. The lowest BCUT2D eigenvalue weighted by Crippen LogP contribution is -2.24. The van der Waals surface area contributed by atoms with Crippen molar-refractivity contribution in [2.45, 2.75) is 13.5 Å². The minimum Gasteiger partial charge on any atom is -0.363 e. The highest BCUT2D eigenvalue weighted by Gasteiger charge is 2.08. The van der Waals surface area contributed by atoms with E-state index in [0.29, 0.717) is 17.9 Å². The molecule has 0 saturated heterocycles. The summed E-state index contributed by atoms with van der Waals surface area (Å²) in [5, 5.41) is 2.85. The van der Waals surface area contributed by atoms with E-state index in [0.717, 1.165) is 15.1 Å². The van der Waals surface area contributed by atoms with Gasteiger partial charge in [0.1, 0.15) is 11.6 Å². The Kier molecular flexibility index (Phi) is 5.11. The number of aromatic nitrogens is 2. The molecule has 0 aliphatic rings.